The number of halogens is 1. The van der Waals surface area contributed by atoms with Crippen LogP contribution in [0.25, 0.3) is 11.2 Å². The smallest absolute Gasteiger partial charge is 0.160 e. The maximum Gasteiger partial charge on any atom is 0.160 e. The summed E-state index contributed by atoms with van der Waals surface area (Å²) >= 11 is 7.95. The molecule has 3 rings (SSSR count). The minimum absolute atomic E-state index is 0.162. The topological polar surface area (TPSA) is 43.6 Å². The molecule has 1 unspecified atom stereocenters. The summed E-state index contributed by atoms with van der Waals surface area (Å²) in [6.07, 6.45) is 3.75. The Labute approximate surface area is 126 Å². The molecule has 0 radical (unpaired) electrons. The molecule has 0 aliphatic heterocycles. The highest BCUT2D eigenvalue weighted by molar-refractivity contribution is 7.11. The molecule has 0 amide bonds. The fraction of sp³-hybridized carbons (Fsp3) is 0.357. The summed E-state index contributed by atoms with van der Waals surface area (Å²) in [6, 6.07) is 2.04. The number of hydrogen-bond donors (Lipinski definition) is 0. The Morgan fingerprint density at radius 2 is 2.10 bits per heavy atom. The second-order valence-electron chi connectivity index (χ2n) is 4.89. The zero-order valence-corrected chi connectivity index (χ0v) is 13.2. The first-order chi connectivity index (χ1) is 9.54. The van der Waals surface area contributed by atoms with E-state index in [9.17, 15) is 0 Å². The van der Waals surface area contributed by atoms with Crippen LogP contribution in [0.5, 0.6) is 0 Å². The lowest BCUT2D eigenvalue weighted by atomic mass is 10.3. The Kier molecular flexibility index (Phi) is 3.48. The standard InChI is InChI=1S/C14H15ClN4S/c1-8-4-11-14(17-5-8)19(13(18-11)10(3)15)7-12-16-6-9(2)20-12/h4-6,10H,7H2,1-3H3. The molecule has 0 fully saturated rings. The molecule has 3 aromatic heterocycles. The molecule has 3 aromatic rings. The van der Waals surface area contributed by atoms with Gasteiger partial charge >= 0.3 is 0 Å². The maximum atomic E-state index is 6.26. The first-order valence-corrected chi connectivity index (χ1v) is 7.68. The number of aryl methyl sites for hydroxylation is 2. The molecule has 6 heteroatoms. The molecule has 0 spiro atoms. The van der Waals surface area contributed by atoms with Crippen LogP contribution in [0.3, 0.4) is 0 Å². The summed E-state index contributed by atoms with van der Waals surface area (Å²) in [5, 5.41) is 0.883. The molecule has 0 saturated heterocycles. The van der Waals surface area contributed by atoms with Gasteiger partial charge in [0.1, 0.15) is 16.3 Å². The summed E-state index contributed by atoms with van der Waals surface area (Å²) in [5.41, 5.74) is 2.85. The lowest BCUT2D eigenvalue weighted by molar-refractivity contribution is 0.732. The largest absolute Gasteiger partial charge is 0.305 e. The monoisotopic (exact) mass is 306 g/mol. The van der Waals surface area contributed by atoms with Gasteiger partial charge in [0.05, 0.1) is 11.9 Å². The molecule has 0 bridgehead atoms. The third kappa shape index (κ3) is 2.43. The van der Waals surface area contributed by atoms with Crippen molar-refractivity contribution in [2.45, 2.75) is 32.7 Å². The molecule has 104 valence electrons. The Morgan fingerprint density at radius 1 is 1.30 bits per heavy atom. The fourth-order valence-electron chi connectivity index (χ4n) is 2.20. The van der Waals surface area contributed by atoms with Crippen molar-refractivity contribution >= 4 is 34.1 Å². The summed E-state index contributed by atoms with van der Waals surface area (Å²) in [6.45, 7) is 6.66. The number of fused-ring (bicyclic) bond motifs is 1. The Hall–Kier alpha value is -1.46. The van der Waals surface area contributed by atoms with Gasteiger partial charge in [-0.2, -0.15) is 0 Å². The second kappa shape index (κ2) is 5.14. The van der Waals surface area contributed by atoms with E-state index in [-0.39, 0.29) is 5.38 Å². The van der Waals surface area contributed by atoms with Crippen molar-refractivity contribution in [2.75, 3.05) is 0 Å². The fourth-order valence-corrected chi connectivity index (χ4v) is 3.14. The van der Waals surface area contributed by atoms with Crippen LogP contribution >= 0.6 is 22.9 Å². The van der Waals surface area contributed by atoms with Crippen LogP contribution in [-0.4, -0.2) is 19.5 Å². The SMILES string of the molecule is Cc1cnc2c(c1)nc(C(C)Cl)n2Cc1ncc(C)s1. The first kappa shape index (κ1) is 13.5. The number of nitrogens with zero attached hydrogens (tertiary/aromatic N) is 4. The molecule has 4 nitrogen and oxygen atoms in total. The van der Waals surface area contributed by atoms with Crippen LogP contribution < -0.4 is 0 Å². The minimum Gasteiger partial charge on any atom is -0.305 e. The normalized spacial score (nSPS) is 13.0. The average molecular weight is 307 g/mol. The highest BCUT2D eigenvalue weighted by atomic mass is 35.5. The number of thiazole rings is 1. The number of hydrogen-bond acceptors (Lipinski definition) is 4. The van der Waals surface area contributed by atoms with Crippen LogP contribution in [0.2, 0.25) is 0 Å². The van der Waals surface area contributed by atoms with E-state index in [2.05, 4.69) is 26.4 Å². The zero-order valence-electron chi connectivity index (χ0n) is 11.6. The Balaban J connectivity index is 2.13. The Morgan fingerprint density at radius 3 is 2.75 bits per heavy atom. The van der Waals surface area contributed by atoms with Gasteiger partial charge in [-0.1, -0.05) is 0 Å². The summed E-state index contributed by atoms with van der Waals surface area (Å²) in [7, 11) is 0. The predicted molar refractivity (Wildman–Crippen MR) is 82.5 cm³/mol. The van der Waals surface area contributed by atoms with Crippen molar-refractivity contribution in [2.24, 2.45) is 0 Å². The van der Waals surface area contributed by atoms with Crippen LogP contribution in [0.1, 0.15) is 33.6 Å². The predicted octanol–water partition coefficient (Wildman–Crippen LogP) is 3.85. The lowest BCUT2D eigenvalue weighted by Crippen LogP contribution is -2.06. The summed E-state index contributed by atoms with van der Waals surface area (Å²) in [4.78, 5) is 14.7. The molecule has 0 saturated carbocycles. The molecular formula is C14H15ClN4S. The van der Waals surface area contributed by atoms with Gasteiger partial charge in [-0.25, -0.2) is 15.0 Å². The van der Waals surface area contributed by atoms with E-state index in [4.69, 9.17) is 11.6 Å². The number of aromatic nitrogens is 4. The number of alkyl halides is 1. The van der Waals surface area contributed by atoms with Crippen LogP contribution in [0.15, 0.2) is 18.5 Å². The third-order valence-corrected chi connectivity index (χ3v) is 4.16. The van der Waals surface area contributed by atoms with Crippen molar-refractivity contribution in [3.63, 3.8) is 0 Å². The first-order valence-electron chi connectivity index (χ1n) is 6.43. The highest BCUT2D eigenvalue weighted by Gasteiger charge is 2.17. The summed E-state index contributed by atoms with van der Waals surface area (Å²) in [5.74, 6) is 0.840. The average Bonchev–Trinajstić information content (AvgIpc) is 2.94. The van der Waals surface area contributed by atoms with Gasteiger partial charge in [0.15, 0.2) is 5.65 Å². The molecule has 0 aromatic carbocycles. The van der Waals surface area contributed by atoms with E-state index in [0.717, 1.165) is 27.6 Å². The molecule has 0 aliphatic rings. The van der Waals surface area contributed by atoms with Gasteiger partial charge < -0.3 is 4.57 Å². The van der Waals surface area contributed by atoms with Gasteiger partial charge in [-0.3, -0.25) is 0 Å². The van der Waals surface area contributed by atoms with Crippen molar-refractivity contribution < 1.29 is 0 Å². The van der Waals surface area contributed by atoms with E-state index < -0.39 is 0 Å². The summed E-state index contributed by atoms with van der Waals surface area (Å²) < 4.78 is 2.06. The quantitative estimate of drug-likeness (QED) is 0.690. The van der Waals surface area contributed by atoms with Gasteiger partial charge in [0, 0.05) is 17.3 Å². The minimum atomic E-state index is -0.162. The van der Waals surface area contributed by atoms with Crippen molar-refractivity contribution in [1.82, 2.24) is 19.5 Å². The molecular weight excluding hydrogens is 292 g/mol. The lowest BCUT2D eigenvalue weighted by Gasteiger charge is -2.07. The van der Waals surface area contributed by atoms with Crippen molar-refractivity contribution in [3.8, 4) is 0 Å². The van der Waals surface area contributed by atoms with Gasteiger partial charge in [-0.05, 0) is 32.4 Å². The van der Waals surface area contributed by atoms with Crippen LogP contribution in [0, 0.1) is 13.8 Å². The van der Waals surface area contributed by atoms with E-state index in [0.29, 0.717) is 6.54 Å². The molecule has 3 heterocycles. The van der Waals surface area contributed by atoms with Crippen molar-refractivity contribution in [3.05, 3.63) is 39.7 Å². The second-order valence-corrected chi connectivity index (χ2v) is 6.87. The molecule has 0 aliphatic carbocycles. The number of rotatable bonds is 3. The highest BCUT2D eigenvalue weighted by Crippen LogP contribution is 2.25. The molecule has 1 atom stereocenters. The van der Waals surface area contributed by atoms with E-state index in [1.165, 1.54) is 4.88 Å². The van der Waals surface area contributed by atoms with Gasteiger partial charge in [-0.15, -0.1) is 22.9 Å². The number of pyridine rings is 1. The third-order valence-electron chi connectivity index (χ3n) is 3.07. The van der Waals surface area contributed by atoms with E-state index in [1.54, 1.807) is 11.3 Å². The van der Waals surface area contributed by atoms with E-state index in [1.807, 2.05) is 32.3 Å². The van der Waals surface area contributed by atoms with Crippen LogP contribution in [0.4, 0.5) is 0 Å². The molecule has 20 heavy (non-hydrogen) atoms. The van der Waals surface area contributed by atoms with Gasteiger partial charge in [0.25, 0.3) is 0 Å². The number of imidazole rings is 1. The van der Waals surface area contributed by atoms with E-state index >= 15 is 0 Å². The van der Waals surface area contributed by atoms with Gasteiger partial charge in [0.2, 0.25) is 0 Å². The molecule has 0 N–H and O–H groups in total. The zero-order chi connectivity index (χ0) is 14.3. The Bertz CT molecular complexity index is 760. The maximum absolute atomic E-state index is 6.26. The van der Waals surface area contributed by atoms with Crippen LogP contribution in [-0.2, 0) is 6.54 Å². The van der Waals surface area contributed by atoms with Crippen molar-refractivity contribution in [1.29, 1.82) is 0 Å².